The average Bonchev–Trinajstić information content (AvgIpc) is 3.04. The minimum atomic E-state index is -0.178. The van der Waals surface area contributed by atoms with E-state index in [4.69, 9.17) is 8.83 Å². The Bertz CT molecular complexity index is 669. The SMILES string of the molecule is O=C(/C=C/c1ccco1)c1cc2ccccc2o1. The predicted molar refractivity (Wildman–Crippen MR) is 68.3 cm³/mol. The molecule has 3 nitrogen and oxygen atoms in total. The minimum absolute atomic E-state index is 0.178. The molecule has 0 aliphatic carbocycles. The zero-order valence-corrected chi connectivity index (χ0v) is 9.50. The van der Waals surface area contributed by atoms with Crippen LogP contribution in [-0.4, -0.2) is 5.78 Å². The van der Waals surface area contributed by atoms with Crippen LogP contribution in [0.3, 0.4) is 0 Å². The van der Waals surface area contributed by atoms with Crippen LogP contribution in [0.4, 0.5) is 0 Å². The Morgan fingerprint density at radius 3 is 2.78 bits per heavy atom. The molecule has 0 atom stereocenters. The Labute approximate surface area is 103 Å². The van der Waals surface area contributed by atoms with E-state index in [2.05, 4.69) is 0 Å². The van der Waals surface area contributed by atoms with Gasteiger partial charge in [0.05, 0.1) is 6.26 Å². The number of allylic oxidation sites excluding steroid dienone is 1. The van der Waals surface area contributed by atoms with E-state index in [1.54, 1.807) is 30.5 Å². The largest absolute Gasteiger partial charge is 0.465 e. The van der Waals surface area contributed by atoms with Crippen molar-refractivity contribution in [2.45, 2.75) is 0 Å². The van der Waals surface area contributed by atoms with Crippen LogP contribution in [0, 0.1) is 0 Å². The van der Waals surface area contributed by atoms with Crippen molar-refractivity contribution >= 4 is 22.8 Å². The zero-order valence-electron chi connectivity index (χ0n) is 9.50. The number of carbonyl (C=O) groups is 1. The van der Waals surface area contributed by atoms with Gasteiger partial charge in [0.25, 0.3) is 0 Å². The summed E-state index contributed by atoms with van der Waals surface area (Å²) < 4.78 is 10.6. The summed E-state index contributed by atoms with van der Waals surface area (Å²) in [6, 6.07) is 12.8. The first-order valence-electron chi connectivity index (χ1n) is 5.57. The summed E-state index contributed by atoms with van der Waals surface area (Å²) in [7, 11) is 0. The fourth-order valence-electron chi connectivity index (χ4n) is 1.73. The summed E-state index contributed by atoms with van der Waals surface area (Å²) in [4.78, 5) is 11.9. The van der Waals surface area contributed by atoms with E-state index in [0.29, 0.717) is 17.1 Å². The lowest BCUT2D eigenvalue weighted by molar-refractivity contribution is 0.102. The number of para-hydroxylation sites is 1. The monoisotopic (exact) mass is 238 g/mol. The highest BCUT2D eigenvalue weighted by Gasteiger charge is 2.08. The third-order valence-corrected chi connectivity index (χ3v) is 2.61. The van der Waals surface area contributed by atoms with Crippen molar-refractivity contribution in [3.63, 3.8) is 0 Å². The van der Waals surface area contributed by atoms with Crippen molar-refractivity contribution in [1.82, 2.24) is 0 Å². The van der Waals surface area contributed by atoms with Gasteiger partial charge in [0.1, 0.15) is 11.3 Å². The van der Waals surface area contributed by atoms with E-state index < -0.39 is 0 Å². The van der Waals surface area contributed by atoms with Gasteiger partial charge in [0.15, 0.2) is 5.76 Å². The predicted octanol–water partition coefficient (Wildman–Crippen LogP) is 3.92. The topological polar surface area (TPSA) is 43.4 Å². The summed E-state index contributed by atoms with van der Waals surface area (Å²) in [6.45, 7) is 0. The molecule has 0 aliphatic heterocycles. The van der Waals surface area contributed by atoms with E-state index in [0.717, 1.165) is 5.39 Å². The molecule has 0 saturated heterocycles. The summed E-state index contributed by atoms with van der Waals surface area (Å²) >= 11 is 0. The first-order valence-corrected chi connectivity index (χ1v) is 5.57. The second-order valence-corrected chi connectivity index (χ2v) is 3.86. The molecule has 2 heterocycles. The van der Waals surface area contributed by atoms with E-state index >= 15 is 0 Å². The lowest BCUT2D eigenvalue weighted by Crippen LogP contribution is -1.89. The molecule has 3 heteroatoms. The van der Waals surface area contributed by atoms with Gasteiger partial charge in [-0.15, -0.1) is 0 Å². The molecule has 0 bridgehead atoms. The molecule has 0 N–H and O–H groups in total. The fraction of sp³-hybridized carbons (Fsp3) is 0. The third-order valence-electron chi connectivity index (χ3n) is 2.61. The molecular formula is C15H10O3. The van der Waals surface area contributed by atoms with Gasteiger partial charge in [-0.3, -0.25) is 4.79 Å². The number of furan rings is 2. The molecule has 3 rings (SSSR count). The van der Waals surface area contributed by atoms with Crippen LogP contribution in [-0.2, 0) is 0 Å². The molecule has 2 aromatic heterocycles. The van der Waals surface area contributed by atoms with Crippen LogP contribution in [0.5, 0.6) is 0 Å². The first kappa shape index (κ1) is 10.6. The first-order chi connectivity index (χ1) is 8.83. The normalized spacial score (nSPS) is 11.3. The van der Waals surface area contributed by atoms with Crippen molar-refractivity contribution < 1.29 is 13.6 Å². The standard InChI is InChI=1S/C15H10O3/c16-13(8-7-12-5-3-9-17-12)15-10-11-4-1-2-6-14(11)18-15/h1-10H/b8-7+. The lowest BCUT2D eigenvalue weighted by atomic mass is 10.2. The van der Waals surface area contributed by atoms with Crippen molar-refractivity contribution in [2.75, 3.05) is 0 Å². The van der Waals surface area contributed by atoms with Crippen molar-refractivity contribution in [1.29, 1.82) is 0 Å². The van der Waals surface area contributed by atoms with Gasteiger partial charge in [-0.1, -0.05) is 18.2 Å². The highest BCUT2D eigenvalue weighted by Crippen LogP contribution is 2.19. The van der Waals surface area contributed by atoms with Gasteiger partial charge < -0.3 is 8.83 Å². The molecule has 0 aliphatic rings. The average molecular weight is 238 g/mol. The van der Waals surface area contributed by atoms with Gasteiger partial charge in [0.2, 0.25) is 5.78 Å². The number of rotatable bonds is 3. The molecule has 0 saturated carbocycles. The summed E-state index contributed by atoms with van der Waals surface area (Å²) in [5, 5.41) is 0.923. The van der Waals surface area contributed by atoms with Gasteiger partial charge in [-0.25, -0.2) is 0 Å². The Morgan fingerprint density at radius 2 is 2.00 bits per heavy atom. The van der Waals surface area contributed by atoms with E-state index in [-0.39, 0.29) is 5.78 Å². The summed E-state index contributed by atoms with van der Waals surface area (Å²) in [5.41, 5.74) is 0.715. The fourth-order valence-corrected chi connectivity index (χ4v) is 1.73. The van der Waals surface area contributed by atoms with Crippen LogP contribution in [0.25, 0.3) is 17.0 Å². The van der Waals surface area contributed by atoms with Gasteiger partial charge >= 0.3 is 0 Å². The molecule has 0 unspecified atom stereocenters. The number of ketones is 1. The van der Waals surface area contributed by atoms with Gasteiger partial charge in [-0.05, 0) is 36.4 Å². The second-order valence-electron chi connectivity index (χ2n) is 3.86. The Kier molecular flexibility index (Phi) is 2.57. The maximum Gasteiger partial charge on any atom is 0.221 e. The smallest absolute Gasteiger partial charge is 0.221 e. The van der Waals surface area contributed by atoms with E-state index in [1.807, 2.05) is 24.3 Å². The summed E-state index contributed by atoms with van der Waals surface area (Å²) in [5.74, 6) is 0.793. The Balaban J connectivity index is 1.88. The molecule has 0 radical (unpaired) electrons. The molecule has 1 aromatic carbocycles. The zero-order chi connectivity index (χ0) is 12.4. The highest BCUT2D eigenvalue weighted by atomic mass is 16.3. The molecule has 18 heavy (non-hydrogen) atoms. The molecule has 3 aromatic rings. The maximum atomic E-state index is 11.9. The van der Waals surface area contributed by atoms with Crippen molar-refractivity contribution in [3.05, 3.63) is 66.3 Å². The second kappa shape index (κ2) is 4.37. The van der Waals surface area contributed by atoms with Gasteiger partial charge in [0, 0.05) is 5.39 Å². The van der Waals surface area contributed by atoms with Crippen LogP contribution in [0.15, 0.2) is 63.6 Å². The highest BCUT2D eigenvalue weighted by molar-refractivity contribution is 6.06. The van der Waals surface area contributed by atoms with Crippen molar-refractivity contribution in [2.24, 2.45) is 0 Å². The van der Waals surface area contributed by atoms with Gasteiger partial charge in [-0.2, -0.15) is 0 Å². The number of fused-ring (bicyclic) bond motifs is 1. The quantitative estimate of drug-likeness (QED) is 0.513. The van der Waals surface area contributed by atoms with Crippen LogP contribution in [0.2, 0.25) is 0 Å². The number of hydrogen-bond donors (Lipinski definition) is 0. The van der Waals surface area contributed by atoms with E-state index in [9.17, 15) is 4.79 Å². The molecule has 0 spiro atoms. The Hall–Kier alpha value is -2.55. The molecule has 0 fully saturated rings. The number of hydrogen-bond acceptors (Lipinski definition) is 3. The van der Waals surface area contributed by atoms with Crippen LogP contribution >= 0.6 is 0 Å². The number of benzene rings is 1. The summed E-state index contributed by atoms with van der Waals surface area (Å²) in [6.07, 6.45) is 4.62. The van der Waals surface area contributed by atoms with Crippen molar-refractivity contribution in [3.8, 4) is 0 Å². The minimum Gasteiger partial charge on any atom is -0.465 e. The lowest BCUT2D eigenvalue weighted by Gasteiger charge is -1.87. The Morgan fingerprint density at radius 1 is 1.11 bits per heavy atom. The number of carbonyl (C=O) groups excluding carboxylic acids is 1. The van der Waals surface area contributed by atoms with Crippen LogP contribution in [0.1, 0.15) is 16.3 Å². The van der Waals surface area contributed by atoms with Crippen LogP contribution < -0.4 is 0 Å². The molecule has 88 valence electrons. The van der Waals surface area contributed by atoms with E-state index in [1.165, 1.54) is 6.08 Å². The maximum absolute atomic E-state index is 11.9. The third kappa shape index (κ3) is 1.98. The molecular weight excluding hydrogens is 228 g/mol. The molecule has 0 amide bonds.